The summed E-state index contributed by atoms with van der Waals surface area (Å²) in [6.07, 6.45) is 4.92. The zero-order valence-corrected chi connectivity index (χ0v) is 16.2. The van der Waals surface area contributed by atoms with Crippen molar-refractivity contribution in [2.24, 2.45) is 0 Å². The summed E-state index contributed by atoms with van der Waals surface area (Å²) in [4.78, 5) is 16.5. The van der Waals surface area contributed by atoms with Crippen LogP contribution >= 0.6 is 0 Å². The van der Waals surface area contributed by atoms with Gasteiger partial charge in [-0.25, -0.2) is 4.98 Å². The quantitative estimate of drug-likeness (QED) is 0.459. The van der Waals surface area contributed by atoms with Gasteiger partial charge in [0.05, 0.1) is 13.4 Å². The molecule has 144 valence electrons. The number of hydrogen-bond acceptors (Lipinski definition) is 4. The lowest BCUT2D eigenvalue weighted by atomic mass is 9.99. The number of anilines is 1. The first-order valence-electron chi connectivity index (χ1n) is 9.21. The van der Waals surface area contributed by atoms with Gasteiger partial charge < -0.3 is 14.5 Å². The van der Waals surface area contributed by atoms with Crippen LogP contribution in [-0.4, -0.2) is 18.0 Å². The summed E-state index contributed by atoms with van der Waals surface area (Å²) in [5, 5.41) is 3.73. The molecule has 0 bridgehead atoms. The minimum absolute atomic E-state index is 0.251. The zero-order chi connectivity index (χ0) is 20.2. The maximum Gasteiger partial charge on any atom is 0.249 e. The minimum Gasteiger partial charge on any atom is -0.496 e. The van der Waals surface area contributed by atoms with Crippen molar-refractivity contribution < 1.29 is 13.9 Å². The topological polar surface area (TPSA) is 64.4 Å². The number of furan rings is 1. The molecule has 0 fully saturated rings. The Balaban J connectivity index is 1.72. The van der Waals surface area contributed by atoms with Crippen LogP contribution in [0.15, 0.2) is 83.6 Å². The number of pyridine rings is 1. The lowest BCUT2D eigenvalue weighted by Crippen LogP contribution is -2.09. The fourth-order valence-electron chi connectivity index (χ4n) is 3.25. The first-order valence-corrected chi connectivity index (χ1v) is 9.21. The average Bonchev–Trinajstić information content (AvgIpc) is 3.17. The summed E-state index contributed by atoms with van der Waals surface area (Å²) < 4.78 is 11.3. The first kappa shape index (κ1) is 18.5. The molecule has 0 saturated carbocycles. The lowest BCUT2D eigenvalue weighted by molar-refractivity contribution is -0.111. The Morgan fingerprint density at radius 1 is 1.10 bits per heavy atom. The van der Waals surface area contributed by atoms with Crippen LogP contribution in [0.1, 0.15) is 12.5 Å². The van der Waals surface area contributed by atoms with Gasteiger partial charge in [-0.2, -0.15) is 0 Å². The summed E-state index contributed by atoms with van der Waals surface area (Å²) in [7, 11) is 1.60. The van der Waals surface area contributed by atoms with Gasteiger partial charge in [0, 0.05) is 34.9 Å². The van der Waals surface area contributed by atoms with Crippen molar-refractivity contribution in [3.63, 3.8) is 0 Å². The molecule has 2 aromatic carbocycles. The molecule has 0 aliphatic carbocycles. The largest absolute Gasteiger partial charge is 0.496 e. The number of benzene rings is 2. The van der Waals surface area contributed by atoms with E-state index in [0.29, 0.717) is 11.6 Å². The van der Waals surface area contributed by atoms with Crippen LogP contribution in [0.4, 0.5) is 5.82 Å². The Kier molecular flexibility index (Phi) is 5.12. The SMILES string of the molecule is COc1cc2occ(-c3ccccc3)c2cc1/C(C)=C/C(=O)Nc1ccccn1. The Morgan fingerprint density at radius 2 is 1.90 bits per heavy atom. The van der Waals surface area contributed by atoms with E-state index in [-0.39, 0.29) is 5.91 Å². The molecule has 1 N–H and O–H groups in total. The molecule has 1 amide bonds. The number of aromatic nitrogens is 1. The lowest BCUT2D eigenvalue weighted by Gasteiger charge is -2.10. The maximum atomic E-state index is 12.4. The highest BCUT2D eigenvalue weighted by Gasteiger charge is 2.15. The molecular formula is C24H20N2O3. The molecule has 0 atom stereocenters. The van der Waals surface area contributed by atoms with Crippen LogP contribution in [0.3, 0.4) is 0 Å². The number of methoxy groups -OCH3 is 1. The van der Waals surface area contributed by atoms with E-state index in [1.165, 1.54) is 0 Å². The smallest absolute Gasteiger partial charge is 0.249 e. The maximum absolute atomic E-state index is 12.4. The number of rotatable bonds is 5. The molecule has 2 heterocycles. The average molecular weight is 384 g/mol. The molecule has 0 aliphatic rings. The van der Waals surface area contributed by atoms with Crippen LogP contribution in [0.5, 0.6) is 5.75 Å². The summed E-state index contributed by atoms with van der Waals surface area (Å²) in [5.74, 6) is 0.898. The monoisotopic (exact) mass is 384 g/mol. The molecule has 5 heteroatoms. The van der Waals surface area contributed by atoms with Crippen LogP contribution in [0.25, 0.3) is 27.7 Å². The number of nitrogens with one attached hydrogen (secondary N) is 1. The van der Waals surface area contributed by atoms with Crippen molar-refractivity contribution in [1.29, 1.82) is 0 Å². The highest BCUT2D eigenvalue weighted by Crippen LogP contribution is 2.37. The second-order valence-electron chi connectivity index (χ2n) is 6.60. The van der Waals surface area contributed by atoms with Crippen LogP contribution in [-0.2, 0) is 4.79 Å². The van der Waals surface area contributed by atoms with Crippen molar-refractivity contribution in [2.75, 3.05) is 12.4 Å². The van der Waals surface area contributed by atoms with Crippen molar-refractivity contribution in [2.45, 2.75) is 6.92 Å². The number of carbonyl (C=O) groups is 1. The van der Waals surface area contributed by atoms with Gasteiger partial charge in [0.25, 0.3) is 0 Å². The fourth-order valence-corrected chi connectivity index (χ4v) is 3.25. The number of nitrogens with zero attached hydrogens (tertiary/aromatic N) is 1. The molecular weight excluding hydrogens is 364 g/mol. The molecule has 5 nitrogen and oxygen atoms in total. The van der Waals surface area contributed by atoms with Gasteiger partial charge in [-0.15, -0.1) is 0 Å². The van der Waals surface area contributed by atoms with E-state index in [1.807, 2.05) is 55.5 Å². The van der Waals surface area contributed by atoms with Gasteiger partial charge in [-0.05, 0) is 36.3 Å². The third-order valence-electron chi connectivity index (χ3n) is 4.67. The Hall–Kier alpha value is -3.86. The molecule has 0 radical (unpaired) electrons. The van der Waals surface area contributed by atoms with E-state index in [9.17, 15) is 4.79 Å². The second kappa shape index (κ2) is 8.02. The molecule has 2 aromatic heterocycles. The highest BCUT2D eigenvalue weighted by atomic mass is 16.5. The minimum atomic E-state index is -0.251. The summed E-state index contributed by atoms with van der Waals surface area (Å²) in [5.41, 5.74) is 4.40. The molecule has 29 heavy (non-hydrogen) atoms. The predicted molar refractivity (Wildman–Crippen MR) is 115 cm³/mol. The van der Waals surface area contributed by atoms with E-state index in [2.05, 4.69) is 10.3 Å². The third kappa shape index (κ3) is 3.89. The van der Waals surface area contributed by atoms with E-state index < -0.39 is 0 Å². The van der Waals surface area contributed by atoms with Crippen molar-refractivity contribution in [3.8, 4) is 16.9 Å². The number of hydrogen-bond donors (Lipinski definition) is 1. The first-order chi connectivity index (χ1) is 14.2. The van der Waals surface area contributed by atoms with E-state index >= 15 is 0 Å². The van der Waals surface area contributed by atoms with Gasteiger partial charge >= 0.3 is 0 Å². The predicted octanol–water partition coefficient (Wildman–Crippen LogP) is 5.55. The van der Waals surface area contributed by atoms with Gasteiger partial charge in [0.2, 0.25) is 5.91 Å². The number of amides is 1. The van der Waals surface area contributed by atoms with Gasteiger partial charge in [-0.3, -0.25) is 4.79 Å². The number of fused-ring (bicyclic) bond motifs is 1. The number of allylic oxidation sites excluding steroid dienone is 1. The third-order valence-corrected chi connectivity index (χ3v) is 4.67. The Morgan fingerprint density at radius 3 is 2.62 bits per heavy atom. The number of ether oxygens (including phenoxy) is 1. The summed E-state index contributed by atoms with van der Waals surface area (Å²) >= 11 is 0. The summed E-state index contributed by atoms with van der Waals surface area (Å²) in [6, 6.07) is 19.3. The van der Waals surface area contributed by atoms with Gasteiger partial charge in [0.15, 0.2) is 0 Å². The summed E-state index contributed by atoms with van der Waals surface area (Å²) in [6.45, 7) is 1.88. The van der Waals surface area contributed by atoms with Crippen molar-refractivity contribution in [3.05, 3.63) is 84.8 Å². The van der Waals surface area contributed by atoms with Gasteiger partial charge in [0.1, 0.15) is 17.2 Å². The second-order valence-corrected chi connectivity index (χ2v) is 6.60. The highest BCUT2D eigenvalue weighted by molar-refractivity contribution is 6.05. The Labute approximate surface area is 168 Å². The van der Waals surface area contributed by atoms with Crippen LogP contribution in [0, 0.1) is 0 Å². The van der Waals surface area contributed by atoms with E-state index in [4.69, 9.17) is 9.15 Å². The standard InChI is InChI=1S/C24H20N2O3/c1-16(12-24(27)26-23-10-6-7-11-25-23)18-13-19-20(17-8-4-3-5-9-17)15-29-22(19)14-21(18)28-2/h3-15H,1-2H3,(H,25,26,27)/b16-12+. The van der Waals surface area contributed by atoms with E-state index in [0.717, 1.165) is 33.2 Å². The van der Waals surface area contributed by atoms with Crippen molar-refractivity contribution in [1.82, 2.24) is 4.98 Å². The van der Waals surface area contributed by atoms with Crippen molar-refractivity contribution >= 4 is 28.3 Å². The molecule has 0 spiro atoms. The van der Waals surface area contributed by atoms with E-state index in [1.54, 1.807) is 37.8 Å². The molecule has 4 rings (SSSR count). The number of carbonyl (C=O) groups excluding carboxylic acids is 1. The molecule has 0 unspecified atom stereocenters. The Bertz CT molecular complexity index is 1180. The van der Waals surface area contributed by atoms with Crippen LogP contribution in [0.2, 0.25) is 0 Å². The molecule has 4 aromatic rings. The zero-order valence-electron chi connectivity index (χ0n) is 16.2. The van der Waals surface area contributed by atoms with Crippen LogP contribution < -0.4 is 10.1 Å². The molecule has 0 saturated heterocycles. The normalized spacial score (nSPS) is 11.4. The van der Waals surface area contributed by atoms with Gasteiger partial charge in [-0.1, -0.05) is 36.4 Å². The molecule has 0 aliphatic heterocycles. The fraction of sp³-hybridized carbons (Fsp3) is 0.0833.